The van der Waals surface area contributed by atoms with Gasteiger partial charge in [0.25, 0.3) is 5.91 Å². The van der Waals surface area contributed by atoms with E-state index in [-0.39, 0.29) is 5.69 Å². The number of hydrogen-bond donors (Lipinski definition) is 2. The van der Waals surface area contributed by atoms with Crippen LogP contribution in [-0.4, -0.2) is 21.0 Å². The summed E-state index contributed by atoms with van der Waals surface area (Å²) in [7, 11) is 0. The molecule has 0 fully saturated rings. The average Bonchev–Trinajstić information content (AvgIpc) is 2.94. The molecule has 3 aromatic rings. The van der Waals surface area contributed by atoms with E-state index in [2.05, 4.69) is 25.8 Å². The second kappa shape index (κ2) is 6.67. The quantitative estimate of drug-likeness (QED) is 0.749. The average molecular weight is 344 g/mol. The van der Waals surface area contributed by atoms with Crippen LogP contribution >= 0.6 is 11.6 Å². The van der Waals surface area contributed by atoms with E-state index >= 15 is 0 Å². The molecule has 8 heteroatoms. The number of aryl methyl sites for hydroxylation is 2. The summed E-state index contributed by atoms with van der Waals surface area (Å²) in [4.78, 5) is 20.7. The highest BCUT2D eigenvalue weighted by Crippen LogP contribution is 2.24. The zero-order chi connectivity index (χ0) is 17.1. The van der Waals surface area contributed by atoms with Gasteiger partial charge in [-0.3, -0.25) is 4.79 Å². The molecular formula is C16H14ClN5O2. The number of rotatable bonds is 4. The van der Waals surface area contributed by atoms with Gasteiger partial charge in [-0.15, -0.1) is 0 Å². The number of nitrogens with one attached hydrogen (secondary N) is 2. The van der Waals surface area contributed by atoms with E-state index in [1.807, 2.05) is 18.2 Å². The molecule has 2 N–H and O–H groups in total. The van der Waals surface area contributed by atoms with E-state index in [1.165, 1.54) is 0 Å². The first kappa shape index (κ1) is 15.9. The Morgan fingerprint density at radius 3 is 2.62 bits per heavy atom. The largest absolute Gasteiger partial charge is 0.360 e. The first-order valence-corrected chi connectivity index (χ1v) is 7.51. The predicted octanol–water partition coefficient (Wildman–Crippen LogP) is 3.73. The summed E-state index contributed by atoms with van der Waals surface area (Å²) in [5.41, 5.74) is 0.897. The SMILES string of the molecule is Cc1nc(Nc2ccccc2Cl)cc(C(=O)Nc2cc(C)on2)n1. The summed E-state index contributed by atoms with van der Waals surface area (Å²) < 4.78 is 4.92. The van der Waals surface area contributed by atoms with Crippen molar-refractivity contribution in [3.63, 3.8) is 0 Å². The minimum atomic E-state index is -0.406. The molecule has 2 heterocycles. The van der Waals surface area contributed by atoms with Crippen LogP contribution < -0.4 is 10.6 Å². The summed E-state index contributed by atoms with van der Waals surface area (Å²) in [5, 5.41) is 9.98. The second-order valence-electron chi connectivity index (χ2n) is 5.07. The van der Waals surface area contributed by atoms with Gasteiger partial charge in [0.1, 0.15) is 23.1 Å². The summed E-state index contributed by atoms with van der Waals surface area (Å²) >= 11 is 6.12. The third-order valence-electron chi connectivity index (χ3n) is 3.08. The molecule has 0 radical (unpaired) electrons. The molecule has 1 aromatic carbocycles. The molecule has 0 spiro atoms. The van der Waals surface area contributed by atoms with E-state index in [0.29, 0.717) is 33.9 Å². The van der Waals surface area contributed by atoms with Crippen molar-refractivity contribution in [2.75, 3.05) is 10.6 Å². The Balaban J connectivity index is 1.83. The van der Waals surface area contributed by atoms with Crippen molar-refractivity contribution in [3.8, 4) is 0 Å². The van der Waals surface area contributed by atoms with Crippen LogP contribution in [0.2, 0.25) is 5.02 Å². The number of halogens is 1. The number of aromatic nitrogens is 3. The van der Waals surface area contributed by atoms with Crippen LogP contribution in [-0.2, 0) is 0 Å². The van der Waals surface area contributed by atoms with Gasteiger partial charge in [0, 0.05) is 12.1 Å². The number of carbonyl (C=O) groups is 1. The number of hydrogen-bond acceptors (Lipinski definition) is 6. The highest BCUT2D eigenvalue weighted by Gasteiger charge is 2.13. The van der Waals surface area contributed by atoms with Crippen LogP contribution in [0.3, 0.4) is 0 Å². The van der Waals surface area contributed by atoms with Gasteiger partial charge >= 0.3 is 0 Å². The van der Waals surface area contributed by atoms with Crippen LogP contribution in [0.1, 0.15) is 22.1 Å². The molecule has 24 heavy (non-hydrogen) atoms. The Hall–Kier alpha value is -2.93. The number of para-hydroxylation sites is 1. The number of amides is 1. The van der Waals surface area contributed by atoms with Crippen molar-refractivity contribution in [1.29, 1.82) is 0 Å². The predicted molar refractivity (Wildman–Crippen MR) is 90.7 cm³/mol. The molecule has 2 aromatic heterocycles. The monoisotopic (exact) mass is 343 g/mol. The summed E-state index contributed by atoms with van der Waals surface area (Å²) in [6.45, 7) is 3.44. The molecule has 3 rings (SSSR count). The van der Waals surface area contributed by atoms with Crippen molar-refractivity contribution >= 4 is 34.8 Å². The fraction of sp³-hybridized carbons (Fsp3) is 0.125. The molecule has 0 bridgehead atoms. The molecule has 1 amide bonds. The van der Waals surface area contributed by atoms with Crippen molar-refractivity contribution in [1.82, 2.24) is 15.1 Å². The van der Waals surface area contributed by atoms with Crippen LogP contribution in [0.5, 0.6) is 0 Å². The van der Waals surface area contributed by atoms with Crippen molar-refractivity contribution in [2.45, 2.75) is 13.8 Å². The lowest BCUT2D eigenvalue weighted by molar-refractivity contribution is 0.102. The van der Waals surface area contributed by atoms with Crippen molar-refractivity contribution in [3.05, 3.63) is 58.7 Å². The Morgan fingerprint density at radius 2 is 1.92 bits per heavy atom. The third-order valence-corrected chi connectivity index (χ3v) is 3.41. The Kier molecular flexibility index (Phi) is 4.43. The Bertz CT molecular complexity index is 894. The summed E-state index contributed by atoms with van der Waals surface area (Å²) in [6.07, 6.45) is 0. The van der Waals surface area contributed by atoms with Gasteiger partial charge in [-0.1, -0.05) is 28.9 Å². The van der Waals surface area contributed by atoms with Gasteiger partial charge in [-0.2, -0.15) is 0 Å². The van der Waals surface area contributed by atoms with E-state index < -0.39 is 5.91 Å². The fourth-order valence-electron chi connectivity index (χ4n) is 2.05. The zero-order valence-corrected chi connectivity index (χ0v) is 13.8. The van der Waals surface area contributed by atoms with Crippen LogP contribution in [0.4, 0.5) is 17.3 Å². The summed E-state index contributed by atoms with van der Waals surface area (Å²) in [6, 6.07) is 10.4. The molecule has 0 saturated carbocycles. The Morgan fingerprint density at radius 1 is 1.12 bits per heavy atom. The van der Waals surface area contributed by atoms with Gasteiger partial charge in [0.15, 0.2) is 5.82 Å². The summed E-state index contributed by atoms with van der Waals surface area (Å²) in [5.74, 6) is 1.45. The third kappa shape index (κ3) is 3.69. The van der Waals surface area contributed by atoms with Crippen LogP contribution in [0.25, 0.3) is 0 Å². The lowest BCUT2D eigenvalue weighted by Gasteiger charge is -2.09. The van der Waals surface area contributed by atoms with Crippen LogP contribution in [0, 0.1) is 13.8 Å². The minimum absolute atomic E-state index is 0.206. The number of anilines is 3. The lowest BCUT2D eigenvalue weighted by Crippen LogP contribution is -2.15. The number of nitrogens with zero attached hydrogens (tertiary/aromatic N) is 3. The minimum Gasteiger partial charge on any atom is -0.360 e. The maximum absolute atomic E-state index is 12.3. The molecule has 0 unspecified atom stereocenters. The normalized spacial score (nSPS) is 10.5. The fourth-order valence-corrected chi connectivity index (χ4v) is 2.24. The molecule has 122 valence electrons. The maximum Gasteiger partial charge on any atom is 0.275 e. The first-order chi connectivity index (χ1) is 11.5. The lowest BCUT2D eigenvalue weighted by atomic mass is 10.3. The number of carbonyl (C=O) groups excluding carboxylic acids is 1. The smallest absolute Gasteiger partial charge is 0.275 e. The van der Waals surface area contributed by atoms with Gasteiger partial charge in [-0.05, 0) is 26.0 Å². The molecule has 7 nitrogen and oxygen atoms in total. The number of benzene rings is 1. The Labute approximate surface area is 143 Å². The molecular weight excluding hydrogens is 330 g/mol. The molecule has 0 aliphatic rings. The first-order valence-electron chi connectivity index (χ1n) is 7.13. The zero-order valence-electron chi connectivity index (χ0n) is 13.0. The highest BCUT2D eigenvalue weighted by molar-refractivity contribution is 6.33. The standard InChI is InChI=1S/C16H14ClN5O2/c1-9-7-15(22-24-9)21-16(23)13-8-14(19-10(2)18-13)20-12-6-4-3-5-11(12)17/h3-8H,1-2H3,(H,18,19,20)(H,21,22,23). The topological polar surface area (TPSA) is 92.9 Å². The van der Waals surface area contributed by atoms with Crippen LogP contribution in [0.15, 0.2) is 40.9 Å². The van der Waals surface area contributed by atoms with E-state index in [1.54, 1.807) is 32.0 Å². The molecule has 0 atom stereocenters. The van der Waals surface area contributed by atoms with Gasteiger partial charge in [0.2, 0.25) is 0 Å². The van der Waals surface area contributed by atoms with Crippen molar-refractivity contribution in [2.24, 2.45) is 0 Å². The highest BCUT2D eigenvalue weighted by atomic mass is 35.5. The van der Waals surface area contributed by atoms with E-state index in [0.717, 1.165) is 0 Å². The van der Waals surface area contributed by atoms with Gasteiger partial charge in [-0.25, -0.2) is 9.97 Å². The van der Waals surface area contributed by atoms with E-state index in [4.69, 9.17) is 16.1 Å². The molecule has 0 saturated heterocycles. The van der Waals surface area contributed by atoms with Crippen molar-refractivity contribution < 1.29 is 9.32 Å². The van der Waals surface area contributed by atoms with Gasteiger partial charge in [0.05, 0.1) is 10.7 Å². The molecule has 0 aliphatic carbocycles. The second-order valence-corrected chi connectivity index (χ2v) is 5.47. The molecule has 0 aliphatic heterocycles. The van der Waals surface area contributed by atoms with E-state index in [9.17, 15) is 4.79 Å². The van der Waals surface area contributed by atoms with Gasteiger partial charge < -0.3 is 15.2 Å². The maximum atomic E-state index is 12.3.